The summed E-state index contributed by atoms with van der Waals surface area (Å²) in [5.41, 5.74) is 1.31. The van der Waals surface area contributed by atoms with Crippen LogP contribution in [-0.2, 0) is 11.3 Å². The summed E-state index contributed by atoms with van der Waals surface area (Å²) in [7, 11) is 0. The van der Waals surface area contributed by atoms with E-state index in [0.717, 1.165) is 39.4 Å². The van der Waals surface area contributed by atoms with Crippen molar-refractivity contribution in [1.82, 2.24) is 9.47 Å². The van der Waals surface area contributed by atoms with Gasteiger partial charge in [0.1, 0.15) is 0 Å². The molecule has 1 saturated heterocycles. The number of nitrogens with zero attached hydrogens (tertiary/aromatic N) is 2. The second kappa shape index (κ2) is 6.16. The van der Waals surface area contributed by atoms with Crippen molar-refractivity contribution in [3.8, 4) is 0 Å². The monoisotopic (exact) mass is 250 g/mol. The van der Waals surface area contributed by atoms with Crippen molar-refractivity contribution in [3.05, 3.63) is 34.2 Å². The van der Waals surface area contributed by atoms with Gasteiger partial charge in [0.15, 0.2) is 0 Å². The van der Waals surface area contributed by atoms with Crippen molar-refractivity contribution in [1.29, 1.82) is 0 Å². The van der Waals surface area contributed by atoms with Gasteiger partial charge in [-0.25, -0.2) is 0 Å². The van der Waals surface area contributed by atoms with E-state index < -0.39 is 0 Å². The number of aromatic nitrogens is 1. The lowest BCUT2D eigenvalue weighted by atomic mass is 10.1. The van der Waals surface area contributed by atoms with Gasteiger partial charge in [-0.3, -0.25) is 9.69 Å². The highest BCUT2D eigenvalue weighted by atomic mass is 16.5. The molecule has 0 N–H and O–H groups in total. The fourth-order valence-corrected chi connectivity index (χ4v) is 2.14. The van der Waals surface area contributed by atoms with Crippen molar-refractivity contribution >= 4 is 0 Å². The Labute approximate surface area is 108 Å². The van der Waals surface area contributed by atoms with Gasteiger partial charge in [-0.05, 0) is 11.5 Å². The molecule has 1 fully saturated rings. The first-order valence-electron chi connectivity index (χ1n) is 6.67. The zero-order chi connectivity index (χ0) is 13.0. The van der Waals surface area contributed by atoms with Gasteiger partial charge in [-0.15, -0.1) is 0 Å². The SMILES string of the molecule is CC(C)c1ccc(=O)n(CCN2CCOCC2)c1. The molecule has 2 rings (SSSR count). The Morgan fingerprint density at radius 3 is 2.61 bits per heavy atom. The zero-order valence-electron chi connectivity index (χ0n) is 11.3. The molecular formula is C14H22N2O2. The number of morpholine rings is 1. The van der Waals surface area contributed by atoms with Crippen LogP contribution in [0.1, 0.15) is 25.3 Å². The number of hydrogen-bond donors (Lipinski definition) is 0. The number of pyridine rings is 1. The summed E-state index contributed by atoms with van der Waals surface area (Å²) in [6.45, 7) is 9.53. The smallest absolute Gasteiger partial charge is 0.250 e. The molecule has 0 saturated carbocycles. The maximum absolute atomic E-state index is 11.8. The van der Waals surface area contributed by atoms with Crippen LogP contribution in [0.15, 0.2) is 23.1 Å². The van der Waals surface area contributed by atoms with Crippen LogP contribution in [0.25, 0.3) is 0 Å². The molecule has 0 unspecified atom stereocenters. The Balaban J connectivity index is 1.99. The highest BCUT2D eigenvalue weighted by Crippen LogP contribution is 2.11. The lowest BCUT2D eigenvalue weighted by Gasteiger charge is -2.26. The van der Waals surface area contributed by atoms with Crippen LogP contribution in [0, 0.1) is 0 Å². The molecule has 0 aromatic carbocycles. The fraction of sp³-hybridized carbons (Fsp3) is 0.643. The van der Waals surface area contributed by atoms with Crippen LogP contribution in [0.5, 0.6) is 0 Å². The Morgan fingerprint density at radius 2 is 1.94 bits per heavy atom. The van der Waals surface area contributed by atoms with Gasteiger partial charge in [0.05, 0.1) is 13.2 Å². The molecule has 1 aliphatic rings. The minimum absolute atomic E-state index is 0.0904. The van der Waals surface area contributed by atoms with E-state index in [0.29, 0.717) is 5.92 Å². The number of hydrogen-bond acceptors (Lipinski definition) is 3. The van der Waals surface area contributed by atoms with E-state index in [1.54, 1.807) is 6.07 Å². The molecule has 18 heavy (non-hydrogen) atoms. The van der Waals surface area contributed by atoms with Gasteiger partial charge in [0.25, 0.3) is 5.56 Å². The fourth-order valence-electron chi connectivity index (χ4n) is 2.14. The number of rotatable bonds is 4. The molecule has 0 amide bonds. The molecule has 0 radical (unpaired) electrons. The predicted molar refractivity (Wildman–Crippen MR) is 72.1 cm³/mol. The van der Waals surface area contributed by atoms with E-state index in [1.807, 2.05) is 16.8 Å². The van der Waals surface area contributed by atoms with Crippen molar-refractivity contribution in [2.75, 3.05) is 32.8 Å². The molecule has 0 aliphatic carbocycles. The second-order valence-corrected chi connectivity index (χ2v) is 5.10. The molecule has 0 atom stereocenters. The normalized spacial score (nSPS) is 17.3. The minimum atomic E-state index is 0.0904. The summed E-state index contributed by atoms with van der Waals surface area (Å²) in [4.78, 5) is 14.1. The molecule has 0 bridgehead atoms. The van der Waals surface area contributed by atoms with Crippen molar-refractivity contribution in [2.24, 2.45) is 0 Å². The Kier molecular flexibility index (Phi) is 4.55. The Morgan fingerprint density at radius 1 is 1.22 bits per heavy atom. The molecular weight excluding hydrogens is 228 g/mol. The predicted octanol–water partition coefficient (Wildman–Crippen LogP) is 1.30. The summed E-state index contributed by atoms with van der Waals surface area (Å²) in [5, 5.41) is 0. The van der Waals surface area contributed by atoms with E-state index >= 15 is 0 Å². The summed E-state index contributed by atoms with van der Waals surface area (Å²) in [5.74, 6) is 0.459. The van der Waals surface area contributed by atoms with Crippen LogP contribution in [0.4, 0.5) is 0 Å². The lowest BCUT2D eigenvalue weighted by Crippen LogP contribution is -2.39. The quantitative estimate of drug-likeness (QED) is 0.808. The molecule has 100 valence electrons. The minimum Gasteiger partial charge on any atom is -0.379 e. The average Bonchev–Trinajstić information content (AvgIpc) is 2.38. The summed E-state index contributed by atoms with van der Waals surface area (Å²) in [6, 6.07) is 3.60. The molecule has 4 heteroatoms. The molecule has 1 aromatic rings. The maximum Gasteiger partial charge on any atom is 0.250 e. The number of ether oxygens (including phenoxy) is 1. The van der Waals surface area contributed by atoms with Gasteiger partial charge >= 0.3 is 0 Å². The van der Waals surface area contributed by atoms with Crippen molar-refractivity contribution < 1.29 is 4.74 Å². The molecule has 0 spiro atoms. The van der Waals surface area contributed by atoms with E-state index in [9.17, 15) is 4.79 Å². The summed E-state index contributed by atoms with van der Waals surface area (Å²) < 4.78 is 7.14. The van der Waals surface area contributed by atoms with Crippen LogP contribution >= 0.6 is 0 Å². The lowest BCUT2D eigenvalue weighted by molar-refractivity contribution is 0.0362. The molecule has 1 aliphatic heterocycles. The standard InChI is InChI=1S/C14H22N2O2/c1-12(2)13-3-4-14(17)16(11-13)6-5-15-7-9-18-10-8-15/h3-4,11-12H,5-10H2,1-2H3. The highest BCUT2D eigenvalue weighted by molar-refractivity contribution is 5.13. The average molecular weight is 250 g/mol. The zero-order valence-corrected chi connectivity index (χ0v) is 11.3. The van der Waals surface area contributed by atoms with Crippen molar-refractivity contribution in [2.45, 2.75) is 26.3 Å². The van der Waals surface area contributed by atoms with Crippen LogP contribution in [-0.4, -0.2) is 42.3 Å². The third-order valence-corrected chi connectivity index (χ3v) is 3.43. The van der Waals surface area contributed by atoms with E-state index in [4.69, 9.17) is 4.74 Å². The topological polar surface area (TPSA) is 34.5 Å². The largest absolute Gasteiger partial charge is 0.379 e. The van der Waals surface area contributed by atoms with Gasteiger partial charge < -0.3 is 9.30 Å². The highest BCUT2D eigenvalue weighted by Gasteiger charge is 2.10. The second-order valence-electron chi connectivity index (χ2n) is 5.10. The molecule has 2 heterocycles. The van der Waals surface area contributed by atoms with Crippen LogP contribution in [0.3, 0.4) is 0 Å². The van der Waals surface area contributed by atoms with Gasteiger partial charge in [0.2, 0.25) is 0 Å². The first kappa shape index (κ1) is 13.3. The third-order valence-electron chi connectivity index (χ3n) is 3.43. The van der Waals surface area contributed by atoms with Gasteiger partial charge in [-0.2, -0.15) is 0 Å². The maximum atomic E-state index is 11.8. The molecule has 1 aromatic heterocycles. The first-order chi connectivity index (χ1) is 8.66. The summed E-state index contributed by atoms with van der Waals surface area (Å²) >= 11 is 0. The van der Waals surface area contributed by atoms with E-state index in [-0.39, 0.29) is 5.56 Å². The van der Waals surface area contributed by atoms with Gasteiger partial charge in [-0.1, -0.05) is 19.9 Å². The Bertz CT molecular complexity index is 434. The van der Waals surface area contributed by atoms with Crippen LogP contribution < -0.4 is 5.56 Å². The summed E-state index contributed by atoms with van der Waals surface area (Å²) in [6.07, 6.45) is 1.99. The van der Waals surface area contributed by atoms with Crippen molar-refractivity contribution in [3.63, 3.8) is 0 Å². The molecule has 4 nitrogen and oxygen atoms in total. The van der Waals surface area contributed by atoms with Crippen LogP contribution in [0.2, 0.25) is 0 Å². The van der Waals surface area contributed by atoms with E-state index in [1.165, 1.54) is 5.56 Å². The Hall–Kier alpha value is -1.13. The van der Waals surface area contributed by atoms with E-state index in [2.05, 4.69) is 18.7 Å². The third kappa shape index (κ3) is 3.43. The van der Waals surface area contributed by atoms with Gasteiger partial charge in [0, 0.05) is 38.4 Å². The first-order valence-corrected chi connectivity index (χ1v) is 6.67.